The van der Waals surface area contributed by atoms with Gasteiger partial charge in [0.05, 0.1) is 17.0 Å². The number of sulfone groups is 1. The van der Waals surface area contributed by atoms with E-state index in [9.17, 15) is 8.42 Å². The first kappa shape index (κ1) is 20.2. The Hall–Kier alpha value is -1.56. The molecule has 5 nitrogen and oxygen atoms in total. The summed E-state index contributed by atoms with van der Waals surface area (Å²) in [4.78, 5) is 6.97. The van der Waals surface area contributed by atoms with E-state index in [-0.39, 0.29) is 17.7 Å². The summed E-state index contributed by atoms with van der Waals surface area (Å²) in [6.07, 6.45) is 5.00. The highest BCUT2D eigenvalue weighted by molar-refractivity contribution is 7.92. The van der Waals surface area contributed by atoms with Crippen LogP contribution in [0, 0.1) is 0 Å². The Bertz CT molecular complexity index is 803. The normalized spacial score (nSPS) is 19.6. The minimum Gasteiger partial charge on any atom is -0.356 e. The number of rotatable bonds is 4. The Morgan fingerprint density at radius 2 is 1.89 bits per heavy atom. The van der Waals surface area contributed by atoms with Crippen molar-refractivity contribution in [2.45, 2.75) is 63.5 Å². The maximum absolute atomic E-state index is 12.4. The molecular formula is C21H33N3O2S. The molecule has 1 N–H and O–H groups in total. The number of hydrogen-bond acceptors (Lipinski definition) is 3. The van der Waals surface area contributed by atoms with Gasteiger partial charge in [-0.05, 0) is 52.2 Å². The summed E-state index contributed by atoms with van der Waals surface area (Å²) in [6.45, 7) is 9.27. The second-order valence-electron chi connectivity index (χ2n) is 8.76. The van der Waals surface area contributed by atoms with Crippen molar-refractivity contribution in [3.05, 3.63) is 29.8 Å². The second kappa shape index (κ2) is 7.46. The van der Waals surface area contributed by atoms with Crippen molar-refractivity contribution in [2.24, 2.45) is 4.99 Å². The molecule has 27 heavy (non-hydrogen) atoms. The molecule has 0 unspecified atom stereocenters. The van der Waals surface area contributed by atoms with Gasteiger partial charge < -0.3 is 10.2 Å². The molecular weight excluding hydrogens is 358 g/mol. The third kappa shape index (κ3) is 3.86. The number of fused-ring (bicyclic) bond motifs is 2. The molecule has 1 aromatic carbocycles. The van der Waals surface area contributed by atoms with Gasteiger partial charge in [0.15, 0.2) is 15.8 Å². The van der Waals surface area contributed by atoms with Gasteiger partial charge in [0.25, 0.3) is 0 Å². The number of nitrogens with one attached hydrogen (secondary N) is 1. The van der Waals surface area contributed by atoms with Crippen LogP contribution in [0.2, 0.25) is 0 Å². The summed E-state index contributed by atoms with van der Waals surface area (Å²) >= 11 is 0. The fourth-order valence-electron chi connectivity index (χ4n) is 4.27. The van der Waals surface area contributed by atoms with Gasteiger partial charge in [-0.25, -0.2) is 8.42 Å². The highest BCUT2D eigenvalue weighted by Gasteiger charge is 2.45. The first-order valence-electron chi connectivity index (χ1n) is 10.1. The molecule has 1 spiro atoms. The van der Waals surface area contributed by atoms with Crippen LogP contribution in [0.25, 0.3) is 0 Å². The summed E-state index contributed by atoms with van der Waals surface area (Å²) in [5.74, 6) is 0.879. The lowest BCUT2D eigenvalue weighted by molar-refractivity contribution is 0.478. The van der Waals surface area contributed by atoms with E-state index >= 15 is 0 Å². The van der Waals surface area contributed by atoms with Crippen LogP contribution in [0.15, 0.2) is 29.3 Å². The van der Waals surface area contributed by atoms with Gasteiger partial charge >= 0.3 is 0 Å². The number of aliphatic imine (C=N–C) groups is 1. The van der Waals surface area contributed by atoms with Crippen molar-refractivity contribution in [3.63, 3.8) is 0 Å². The van der Waals surface area contributed by atoms with Gasteiger partial charge in [-0.3, -0.25) is 4.99 Å². The minimum absolute atomic E-state index is 0.0754. The molecule has 0 radical (unpaired) electrons. The molecule has 0 amide bonds. The smallest absolute Gasteiger partial charge is 0.198 e. The maximum Gasteiger partial charge on any atom is 0.198 e. The van der Waals surface area contributed by atoms with E-state index in [1.54, 1.807) is 20.8 Å². The molecule has 6 heteroatoms. The molecule has 0 atom stereocenters. The largest absolute Gasteiger partial charge is 0.356 e. The molecule has 1 saturated carbocycles. The molecule has 0 saturated heterocycles. The number of para-hydroxylation sites is 1. The predicted octanol–water partition coefficient (Wildman–Crippen LogP) is 3.50. The fraction of sp³-hybridized carbons (Fsp3) is 0.667. The van der Waals surface area contributed by atoms with Crippen LogP contribution >= 0.6 is 0 Å². The quantitative estimate of drug-likeness (QED) is 0.630. The van der Waals surface area contributed by atoms with Crippen LogP contribution in [-0.2, 0) is 15.3 Å². The van der Waals surface area contributed by atoms with E-state index in [0.29, 0.717) is 0 Å². The number of nitrogens with zero attached hydrogens (tertiary/aromatic N) is 2. The molecule has 2 aliphatic rings. The van der Waals surface area contributed by atoms with Crippen molar-refractivity contribution >= 4 is 21.5 Å². The topological polar surface area (TPSA) is 61.8 Å². The van der Waals surface area contributed by atoms with Crippen LogP contribution in [0.5, 0.6) is 0 Å². The Morgan fingerprint density at radius 1 is 1.22 bits per heavy atom. The first-order chi connectivity index (χ1) is 12.7. The van der Waals surface area contributed by atoms with Crippen molar-refractivity contribution < 1.29 is 8.42 Å². The van der Waals surface area contributed by atoms with Gasteiger partial charge in [-0.2, -0.15) is 0 Å². The molecule has 3 rings (SSSR count). The number of anilines is 1. The van der Waals surface area contributed by atoms with E-state index in [1.165, 1.54) is 36.9 Å². The Balaban J connectivity index is 1.85. The average Bonchev–Trinajstić information content (AvgIpc) is 3.20. The molecule has 1 fully saturated rings. The molecule has 150 valence electrons. The monoisotopic (exact) mass is 391 g/mol. The SMILES string of the molecule is CCNC(=NCCS(=O)(=O)C(C)(C)C)N1CC2(CCCC2)c2ccccc21. The second-order valence-corrected chi connectivity index (χ2v) is 11.6. The van der Waals surface area contributed by atoms with E-state index in [2.05, 4.69) is 41.4 Å². The molecule has 0 bridgehead atoms. The minimum atomic E-state index is -3.17. The lowest BCUT2D eigenvalue weighted by Crippen LogP contribution is -2.44. The van der Waals surface area contributed by atoms with Gasteiger partial charge in [0.1, 0.15) is 0 Å². The van der Waals surface area contributed by atoms with Gasteiger partial charge in [-0.1, -0.05) is 31.0 Å². The van der Waals surface area contributed by atoms with Crippen molar-refractivity contribution in [1.82, 2.24) is 5.32 Å². The average molecular weight is 392 g/mol. The molecule has 0 aromatic heterocycles. The number of guanidine groups is 1. The summed E-state index contributed by atoms with van der Waals surface area (Å²) in [6, 6.07) is 8.63. The van der Waals surface area contributed by atoms with Gasteiger partial charge in [0, 0.05) is 24.2 Å². The predicted molar refractivity (Wildman–Crippen MR) is 113 cm³/mol. The zero-order valence-corrected chi connectivity index (χ0v) is 17.9. The van der Waals surface area contributed by atoms with Crippen molar-refractivity contribution in [2.75, 3.05) is 30.3 Å². The van der Waals surface area contributed by atoms with Gasteiger partial charge in [0.2, 0.25) is 0 Å². The van der Waals surface area contributed by atoms with Crippen molar-refractivity contribution in [3.8, 4) is 0 Å². The zero-order chi connectivity index (χ0) is 19.7. The van der Waals surface area contributed by atoms with E-state index in [1.807, 2.05) is 0 Å². The summed E-state index contributed by atoms with van der Waals surface area (Å²) < 4.78 is 24.1. The lowest BCUT2D eigenvalue weighted by atomic mass is 9.81. The standard InChI is InChI=1S/C21H33N3O2S/c1-5-22-19(23-14-15-27(25,26)20(2,3)4)24-16-21(12-8-9-13-21)17-10-6-7-11-18(17)24/h6-7,10-11H,5,8-9,12-16H2,1-4H3,(H,22,23). The van der Waals surface area contributed by atoms with Crippen LogP contribution in [0.1, 0.15) is 58.9 Å². The Kier molecular flexibility index (Phi) is 5.57. The third-order valence-electron chi connectivity index (χ3n) is 5.93. The van der Waals surface area contributed by atoms with Crippen LogP contribution in [-0.4, -0.2) is 44.5 Å². The van der Waals surface area contributed by atoms with Gasteiger partial charge in [-0.15, -0.1) is 0 Å². The zero-order valence-electron chi connectivity index (χ0n) is 17.1. The highest BCUT2D eigenvalue weighted by Crippen LogP contribution is 2.50. The lowest BCUT2D eigenvalue weighted by Gasteiger charge is -2.27. The number of benzene rings is 1. The van der Waals surface area contributed by atoms with Crippen LogP contribution in [0.4, 0.5) is 5.69 Å². The third-order valence-corrected chi connectivity index (χ3v) is 8.52. The molecule has 1 aromatic rings. The van der Waals surface area contributed by atoms with Crippen LogP contribution in [0.3, 0.4) is 0 Å². The number of hydrogen-bond donors (Lipinski definition) is 1. The molecule has 1 aliphatic carbocycles. The summed E-state index contributed by atoms with van der Waals surface area (Å²) in [5, 5.41) is 3.38. The Labute approximate surface area is 164 Å². The summed E-state index contributed by atoms with van der Waals surface area (Å²) in [5.41, 5.74) is 2.87. The molecule has 1 heterocycles. The Morgan fingerprint density at radius 3 is 2.52 bits per heavy atom. The van der Waals surface area contributed by atoms with E-state index < -0.39 is 14.6 Å². The van der Waals surface area contributed by atoms with E-state index in [0.717, 1.165) is 19.0 Å². The first-order valence-corrected chi connectivity index (χ1v) is 11.7. The van der Waals surface area contributed by atoms with Crippen molar-refractivity contribution in [1.29, 1.82) is 0 Å². The molecule has 1 aliphatic heterocycles. The summed E-state index contributed by atoms with van der Waals surface area (Å²) in [7, 11) is -3.17. The fourth-order valence-corrected chi connectivity index (χ4v) is 5.22. The maximum atomic E-state index is 12.4. The van der Waals surface area contributed by atoms with Crippen LogP contribution < -0.4 is 10.2 Å². The highest BCUT2D eigenvalue weighted by atomic mass is 32.2. The van der Waals surface area contributed by atoms with E-state index in [4.69, 9.17) is 4.99 Å².